The molecule has 0 spiro atoms. The van der Waals surface area contributed by atoms with Crippen molar-refractivity contribution in [2.24, 2.45) is 0 Å². The Kier molecular flexibility index (Phi) is 18.5. The fourth-order valence-corrected chi connectivity index (χ4v) is 0.983. The van der Waals surface area contributed by atoms with Crippen LogP contribution in [0.3, 0.4) is 0 Å². The van der Waals surface area contributed by atoms with Gasteiger partial charge in [-0.25, -0.2) is 0 Å². The number of hydrogen-bond donors (Lipinski definition) is 0. The summed E-state index contributed by atoms with van der Waals surface area (Å²) in [6.07, 6.45) is 3.50. The van der Waals surface area contributed by atoms with Crippen LogP contribution in [0.2, 0.25) is 0 Å². The molecule has 0 fully saturated rings. The first-order valence-electron chi connectivity index (χ1n) is 5.33. The molecule has 1 aromatic rings. The molecule has 1 heterocycles. The molecule has 16 heavy (non-hydrogen) atoms. The Labute approximate surface area is 110 Å². The molecule has 90 valence electrons. The minimum atomic E-state index is 1.19. The maximum Gasteiger partial charge on any atom is 0.0297 e. The Morgan fingerprint density at radius 3 is 1.38 bits per heavy atom. The third-order valence-corrected chi connectivity index (χ3v) is 1.91. The minimum absolute atomic E-state index is 1.19. The van der Waals surface area contributed by atoms with E-state index in [-0.39, 0.29) is 0 Å². The second-order valence-corrected chi connectivity index (χ2v) is 3.39. The number of aromatic nitrogens is 1. The highest BCUT2D eigenvalue weighted by atomic mass is 32.1. The van der Waals surface area contributed by atoms with Gasteiger partial charge in [0.1, 0.15) is 0 Å². The monoisotopic (exact) mass is 256 g/mol. The number of rotatable bonds is 3. The number of pyridine rings is 1. The molecule has 1 rings (SSSR count). The zero-order chi connectivity index (χ0) is 12.6. The Hall–Kier alpha value is -0.670. The molecule has 1 aromatic heterocycles. The summed E-state index contributed by atoms with van der Waals surface area (Å²) in [5, 5.41) is 0. The minimum Gasteiger partial charge on any atom is -0.304 e. The largest absolute Gasteiger partial charge is 0.304 e. The second kappa shape index (κ2) is 16.7. The van der Waals surface area contributed by atoms with Gasteiger partial charge in [0.25, 0.3) is 0 Å². The van der Waals surface area contributed by atoms with Gasteiger partial charge in [0.2, 0.25) is 0 Å². The third kappa shape index (κ3) is 15.8. The first-order valence-corrected chi connectivity index (χ1v) is 6.14. The molecule has 0 saturated heterocycles. The summed E-state index contributed by atoms with van der Waals surface area (Å²) in [6.45, 7) is 10.1. The van der Waals surface area contributed by atoms with Gasteiger partial charge >= 0.3 is 0 Å². The van der Waals surface area contributed by atoms with E-state index in [0.717, 1.165) is 0 Å². The lowest BCUT2D eigenvalue weighted by molar-refractivity contribution is 0.321. The Morgan fingerprint density at radius 1 is 0.938 bits per heavy atom. The molecule has 2 nitrogen and oxygen atoms in total. The average molecular weight is 256 g/mol. The van der Waals surface area contributed by atoms with E-state index in [0.29, 0.717) is 0 Å². The van der Waals surface area contributed by atoms with Gasteiger partial charge in [0.15, 0.2) is 0 Å². The van der Waals surface area contributed by atoms with Gasteiger partial charge in [-0.05, 0) is 56.2 Å². The van der Waals surface area contributed by atoms with Crippen molar-refractivity contribution < 1.29 is 0 Å². The van der Waals surface area contributed by atoms with Crippen LogP contribution in [0.25, 0.3) is 0 Å². The summed E-state index contributed by atoms with van der Waals surface area (Å²) >= 11 is 7.92. The molecule has 0 unspecified atom stereocenters. The topological polar surface area (TPSA) is 16.1 Å². The summed E-state index contributed by atoms with van der Waals surface area (Å²) in [7, 11) is 0. The molecule has 0 aromatic carbocycles. The molecule has 4 heteroatoms. The van der Waals surface area contributed by atoms with E-state index < -0.39 is 0 Å². The number of nitrogens with zero attached hydrogens (tertiary/aromatic N) is 2. The van der Waals surface area contributed by atoms with Gasteiger partial charge in [0.05, 0.1) is 0 Å². The molecule has 0 atom stereocenters. The van der Waals surface area contributed by atoms with Crippen molar-refractivity contribution >= 4 is 28.7 Å². The second-order valence-electron chi connectivity index (χ2n) is 2.73. The van der Waals surface area contributed by atoms with Crippen LogP contribution < -0.4 is 0 Å². The molecule has 0 N–H and O–H groups in total. The summed E-state index contributed by atoms with van der Waals surface area (Å²) in [6, 6.07) is 5.72. The van der Waals surface area contributed by atoms with Crippen molar-refractivity contribution in [1.82, 2.24) is 9.88 Å². The quantitative estimate of drug-likeness (QED) is 0.770. The van der Waals surface area contributed by atoms with E-state index in [2.05, 4.69) is 55.1 Å². The summed E-state index contributed by atoms with van der Waals surface area (Å²) in [5.74, 6) is 0. The highest BCUT2D eigenvalue weighted by molar-refractivity contribution is 7.93. The molecule has 0 aliphatic heterocycles. The molecule has 0 saturated carbocycles. The summed E-state index contributed by atoms with van der Waals surface area (Å²) in [5.41, 5.74) is 0. The van der Waals surface area contributed by atoms with Gasteiger partial charge in [-0.1, -0.05) is 26.8 Å². The van der Waals surface area contributed by atoms with E-state index in [1.807, 2.05) is 22.5 Å². The van der Waals surface area contributed by atoms with Crippen molar-refractivity contribution in [3.63, 3.8) is 0 Å². The van der Waals surface area contributed by atoms with Crippen LogP contribution in [-0.4, -0.2) is 33.8 Å². The third-order valence-electron chi connectivity index (χ3n) is 1.91. The highest BCUT2D eigenvalue weighted by Gasteiger charge is 1.89. The first-order chi connectivity index (χ1) is 7.76. The van der Waals surface area contributed by atoms with Gasteiger partial charge < -0.3 is 4.90 Å². The van der Waals surface area contributed by atoms with E-state index in [1.54, 1.807) is 12.4 Å². The maximum atomic E-state index is 3.96. The zero-order valence-electron chi connectivity index (χ0n) is 10.2. The molecule has 0 amide bonds. The van der Waals surface area contributed by atoms with Crippen molar-refractivity contribution in [2.45, 2.75) is 20.8 Å². The van der Waals surface area contributed by atoms with Crippen molar-refractivity contribution in [2.75, 3.05) is 19.6 Å². The normalized spacial score (nSPS) is 8.00. The van der Waals surface area contributed by atoms with Gasteiger partial charge in [-0.15, -0.1) is 0 Å². The van der Waals surface area contributed by atoms with Crippen LogP contribution in [0.5, 0.6) is 0 Å². The van der Waals surface area contributed by atoms with Gasteiger partial charge in [-0.3, -0.25) is 4.98 Å². The van der Waals surface area contributed by atoms with Crippen molar-refractivity contribution in [1.29, 1.82) is 0 Å². The van der Waals surface area contributed by atoms with Crippen LogP contribution >= 0.6 is 24.4 Å². The van der Waals surface area contributed by atoms with Crippen LogP contribution in [0.15, 0.2) is 30.6 Å². The molecular weight excluding hydrogens is 236 g/mol. The summed E-state index contributed by atoms with van der Waals surface area (Å²) < 4.78 is 1.92. The Morgan fingerprint density at radius 2 is 1.31 bits per heavy atom. The number of thiocarbonyl (C=S) groups is 2. The lowest BCUT2D eigenvalue weighted by atomic mass is 10.5. The Bertz CT molecular complexity index is 210. The van der Waals surface area contributed by atoms with Crippen LogP contribution in [0.4, 0.5) is 0 Å². The van der Waals surface area contributed by atoms with Crippen molar-refractivity contribution in [3.05, 3.63) is 30.6 Å². The smallest absolute Gasteiger partial charge is 0.0297 e. The van der Waals surface area contributed by atoms with E-state index in [9.17, 15) is 0 Å². The molecular formula is C12H20N2S2. The first kappa shape index (κ1) is 17.7. The van der Waals surface area contributed by atoms with E-state index in [1.165, 1.54) is 19.6 Å². The standard InChI is InChI=1S/C6H15N.C5H5N.CS2/c1-4-7(5-2)6-3;1-2-4-6-5-3-1;2-1-3/h4-6H2,1-3H3;1-5H;. The van der Waals surface area contributed by atoms with Crippen LogP contribution in [0.1, 0.15) is 20.8 Å². The van der Waals surface area contributed by atoms with Crippen LogP contribution in [0, 0.1) is 0 Å². The average Bonchev–Trinajstić information content (AvgIpc) is 2.35. The predicted molar refractivity (Wildman–Crippen MR) is 77.9 cm³/mol. The van der Waals surface area contributed by atoms with E-state index in [4.69, 9.17) is 0 Å². The summed E-state index contributed by atoms with van der Waals surface area (Å²) in [4.78, 5) is 6.16. The number of hydrogen-bond acceptors (Lipinski definition) is 4. The zero-order valence-corrected chi connectivity index (χ0v) is 11.9. The Balaban J connectivity index is 0. The van der Waals surface area contributed by atoms with E-state index >= 15 is 0 Å². The lowest BCUT2D eigenvalue weighted by Gasteiger charge is -2.13. The predicted octanol–water partition coefficient (Wildman–Crippen LogP) is 3.45. The SMILES string of the molecule is CCN(CC)CC.S=C=S.c1ccncc1. The molecule has 0 bridgehead atoms. The maximum absolute atomic E-state index is 3.96. The van der Waals surface area contributed by atoms with Gasteiger partial charge in [0, 0.05) is 16.7 Å². The van der Waals surface area contributed by atoms with Crippen molar-refractivity contribution in [3.8, 4) is 0 Å². The highest BCUT2D eigenvalue weighted by Crippen LogP contribution is 1.81. The van der Waals surface area contributed by atoms with Crippen LogP contribution in [-0.2, 0) is 0 Å². The fraction of sp³-hybridized carbons (Fsp3) is 0.500. The molecule has 0 radical (unpaired) electrons. The fourth-order valence-electron chi connectivity index (χ4n) is 0.983. The van der Waals surface area contributed by atoms with Gasteiger partial charge in [-0.2, -0.15) is 0 Å². The molecule has 0 aliphatic rings. The lowest BCUT2D eigenvalue weighted by Crippen LogP contribution is -2.21. The molecule has 0 aliphatic carbocycles.